The van der Waals surface area contributed by atoms with Crippen LogP contribution in [-0.2, 0) is 23.9 Å². The largest absolute Gasteiger partial charge is 0.418 e. The van der Waals surface area contributed by atoms with Gasteiger partial charge in [-0.1, -0.05) is 0 Å². The van der Waals surface area contributed by atoms with E-state index in [9.17, 15) is 27.6 Å². The number of fused-ring (bicyclic) bond motifs is 1. The van der Waals surface area contributed by atoms with Crippen molar-refractivity contribution < 1.29 is 27.6 Å². The Labute approximate surface area is 284 Å². The fourth-order valence-corrected chi connectivity index (χ4v) is 8.79. The topological polar surface area (TPSA) is 123 Å². The summed E-state index contributed by atoms with van der Waals surface area (Å²) in [4.78, 5) is 45.5. The van der Waals surface area contributed by atoms with Crippen LogP contribution in [-0.4, -0.2) is 84.0 Å². The fourth-order valence-electron chi connectivity index (χ4n) is 7.50. The van der Waals surface area contributed by atoms with Crippen molar-refractivity contribution in [3.63, 3.8) is 0 Å². The molecule has 3 saturated heterocycles. The number of nitrogens with one attached hydrogen (secondary N) is 3. The molecule has 0 radical (unpaired) electrons. The number of carbonyl (C=O) groups is 3. The van der Waals surface area contributed by atoms with Crippen LogP contribution in [0.4, 0.5) is 34.1 Å². The SMILES string of the molecule is Nc1c(Br)cc(C[C@@H](NC(=O)N2CCC(N3Cc4cscc4NC3=O)CC2)C(=O)N2CCC(C3CCNCC3)CC2)cc1C(F)(F)F. The standard InChI is InChI=1S/C32H41BrF3N7O3S/c33-25-14-19(13-24(28(25)37)32(34,35)36)15-26(29(44)41-9-3-21(4-10-41)20-1-7-38-8-2-20)39-30(45)42-11-5-23(6-12-42)43-16-22-17-47-18-27(22)40-31(43)46/h13-14,17-18,20-21,23,26,38H,1-12,15-16,37H2,(H,39,45)(H,40,46)/t26-/m1/s1. The van der Waals surface area contributed by atoms with E-state index in [1.165, 1.54) is 17.4 Å². The molecule has 0 spiro atoms. The zero-order chi connectivity index (χ0) is 33.3. The number of nitrogens with zero attached hydrogens (tertiary/aromatic N) is 3. The van der Waals surface area contributed by atoms with Gasteiger partial charge in [0.2, 0.25) is 5.91 Å². The van der Waals surface area contributed by atoms with E-state index in [4.69, 9.17) is 5.73 Å². The maximum atomic E-state index is 14.0. The number of alkyl halides is 3. The van der Waals surface area contributed by atoms with Crippen LogP contribution in [0.25, 0.3) is 0 Å². The van der Waals surface area contributed by atoms with Crippen molar-refractivity contribution in [1.29, 1.82) is 0 Å². The van der Waals surface area contributed by atoms with Crippen molar-refractivity contribution in [3.05, 3.63) is 44.1 Å². The molecule has 5 amide bonds. The molecule has 0 bridgehead atoms. The molecule has 5 heterocycles. The molecule has 4 aliphatic heterocycles. The second-order valence-electron chi connectivity index (χ2n) is 13.1. The Morgan fingerprint density at radius 3 is 2.34 bits per heavy atom. The lowest BCUT2D eigenvalue weighted by Gasteiger charge is -2.41. The molecule has 4 aliphatic rings. The average Bonchev–Trinajstić information content (AvgIpc) is 3.52. The number of hydrogen-bond donors (Lipinski definition) is 4. The number of urea groups is 2. The van der Waals surface area contributed by atoms with Crippen LogP contribution in [0.15, 0.2) is 27.4 Å². The van der Waals surface area contributed by atoms with E-state index in [0.717, 1.165) is 56.1 Å². The van der Waals surface area contributed by atoms with Crippen molar-refractivity contribution in [3.8, 4) is 0 Å². The highest BCUT2D eigenvalue weighted by Crippen LogP contribution is 2.38. The third-order valence-electron chi connectivity index (χ3n) is 10.2. The van der Waals surface area contributed by atoms with Gasteiger partial charge in [0, 0.05) is 54.1 Å². The molecule has 2 aromatic rings. The Hall–Kier alpha value is -3.04. The molecular formula is C32H41BrF3N7O3S. The Morgan fingerprint density at radius 1 is 1.00 bits per heavy atom. The van der Waals surface area contributed by atoms with Crippen molar-refractivity contribution >= 4 is 56.6 Å². The molecule has 0 unspecified atom stereocenters. The number of likely N-dealkylation sites (tertiary alicyclic amines) is 2. The number of benzene rings is 1. The molecule has 256 valence electrons. The number of nitrogen functional groups attached to an aromatic ring is 1. The lowest BCUT2D eigenvalue weighted by molar-refractivity contribution is -0.137. The first-order chi connectivity index (χ1) is 22.5. The molecular weight excluding hydrogens is 699 g/mol. The first kappa shape index (κ1) is 33.8. The zero-order valence-corrected chi connectivity index (χ0v) is 28.5. The van der Waals surface area contributed by atoms with Gasteiger partial charge in [-0.3, -0.25) is 4.79 Å². The summed E-state index contributed by atoms with van der Waals surface area (Å²) in [5.41, 5.74) is 6.48. The quantitative estimate of drug-likeness (QED) is 0.293. The smallest absolute Gasteiger partial charge is 0.397 e. The third kappa shape index (κ3) is 7.67. The molecule has 15 heteroatoms. The number of thiophene rings is 1. The number of hydrogen-bond acceptors (Lipinski definition) is 6. The zero-order valence-electron chi connectivity index (χ0n) is 26.1. The van der Waals surface area contributed by atoms with Crippen molar-refractivity contribution in [2.24, 2.45) is 11.8 Å². The van der Waals surface area contributed by atoms with Crippen LogP contribution in [0.5, 0.6) is 0 Å². The van der Waals surface area contributed by atoms with E-state index in [1.807, 2.05) is 10.8 Å². The Bertz CT molecular complexity index is 1470. The molecule has 10 nitrogen and oxygen atoms in total. The second kappa shape index (κ2) is 14.2. The van der Waals surface area contributed by atoms with Crippen LogP contribution in [0.2, 0.25) is 0 Å². The molecule has 6 rings (SSSR count). The highest BCUT2D eigenvalue weighted by atomic mass is 79.9. The van der Waals surface area contributed by atoms with Gasteiger partial charge in [-0.15, -0.1) is 11.3 Å². The lowest BCUT2D eigenvalue weighted by atomic mass is 9.79. The number of carbonyl (C=O) groups excluding carboxylic acids is 3. The van der Waals surface area contributed by atoms with Crippen molar-refractivity contribution in [1.82, 2.24) is 25.3 Å². The molecule has 3 fully saturated rings. The lowest BCUT2D eigenvalue weighted by Crippen LogP contribution is -2.57. The maximum Gasteiger partial charge on any atom is 0.418 e. The summed E-state index contributed by atoms with van der Waals surface area (Å²) in [7, 11) is 0. The highest BCUT2D eigenvalue weighted by Gasteiger charge is 2.38. The van der Waals surface area contributed by atoms with Gasteiger partial charge in [-0.2, -0.15) is 13.2 Å². The van der Waals surface area contributed by atoms with Gasteiger partial charge in [0.15, 0.2) is 0 Å². The number of nitrogens with two attached hydrogens (primary N) is 1. The molecule has 47 heavy (non-hydrogen) atoms. The average molecular weight is 741 g/mol. The number of amides is 5. The van der Waals surface area contributed by atoms with Gasteiger partial charge in [0.05, 0.1) is 23.5 Å². The minimum Gasteiger partial charge on any atom is -0.397 e. The maximum absolute atomic E-state index is 14.0. The van der Waals surface area contributed by atoms with Gasteiger partial charge in [0.25, 0.3) is 0 Å². The molecule has 1 atom stereocenters. The first-order valence-electron chi connectivity index (χ1n) is 16.3. The number of piperidine rings is 3. The van der Waals surface area contributed by atoms with Crippen LogP contribution in [0, 0.1) is 11.8 Å². The predicted molar refractivity (Wildman–Crippen MR) is 178 cm³/mol. The minimum atomic E-state index is -4.68. The van der Waals surface area contributed by atoms with E-state index < -0.39 is 29.5 Å². The van der Waals surface area contributed by atoms with E-state index >= 15 is 0 Å². The van der Waals surface area contributed by atoms with Gasteiger partial charge in [-0.05, 0) is 102 Å². The minimum absolute atomic E-state index is 0.0429. The Kier molecular flexibility index (Phi) is 10.2. The Morgan fingerprint density at radius 2 is 1.66 bits per heavy atom. The fraction of sp³-hybridized carbons (Fsp3) is 0.594. The van der Waals surface area contributed by atoms with Crippen LogP contribution < -0.4 is 21.7 Å². The summed E-state index contributed by atoms with van der Waals surface area (Å²) in [6.45, 7) is 4.39. The predicted octanol–water partition coefficient (Wildman–Crippen LogP) is 5.48. The molecule has 1 aromatic heterocycles. The summed E-state index contributed by atoms with van der Waals surface area (Å²) in [6, 6.07) is 0.746. The first-order valence-corrected chi connectivity index (χ1v) is 18.0. The number of anilines is 2. The molecule has 1 aromatic carbocycles. The molecule has 0 aliphatic carbocycles. The van der Waals surface area contributed by atoms with Gasteiger partial charge in [0.1, 0.15) is 6.04 Å². The van der Waals surface area contributed by atoms with E-state index in [-0.39, 0.29) is 34.4 Å². The van der Waals surface area contributed by atoms with E-state index in [2.05, 4.69) is 31.9 Å². The van der Waals surface area contributed by atoms with Crippen LogP contribution in [0.3, 0.4) is 0 Å². The molecule has 0 saturated carbocycles. The number of rotatable bonds is 6. The summed E-state index contributed by atoms with van der Waals surface area (Å²) in [6.07, 6.45) is 0.334. The van der Waals surface area contributed by atoms with Gasteiger partial charge in [-0.25, -0.2) is 9.59 Å². The van der Waals surface area contributed by atoms with Crippen molar-refractivity contribution in [2.45, 2.75) is 69.8 Å². The van der Waals surface area contributed by atoms with Crippen LogP contribution in [0.1, 0.15) is 55.2 Å². The molecule has 5 N–H and O–H groups in total. The number of halogens is 4. The van der Waals surface area contributed by atoms with Crippen molar-refractivity contribution in [2.75, 3.05) is 50.3 Å². The van der Waals surface area contributed by atoms with Gasteiger partial charge >= 0.3 is 18.2 Å². The summed E-state index contributed by atoms with van der Waals surface area (Å²) < 4.78 is 41.5. The normalized spacial score (nSPS) is 20.9. The second-order valence-corrected chi connectivity index (χ2v) is 14.7. The summed E-state index contributed by atoms with van der Waals surface area (Å²) in [5.74, 6) is 0.865. The van der Waals surface area contributed by atoms with E-state index in [1.54, 1.807) is 14.7 Å². The van der Waals surface area contributed by atoms with Crippen LogP contribution >= 0.6 is 27.3 Å². The van der Waals surface area contributed by atoms with E-state index in [0.29, 0.717) is 57.4 Å². The van der Waals surface area contributed by atoms with Gasteiger partial charge < -0.3 is 36.4 Å². The third-order valence-corrected chi connectivity index (χ3v) is 11.7. The highest BCUT2D eigenvalue weighted by molar-refractivity contribution is 9.10. The Balaban J connectivity index is 1.13. The summed E-state index contributed by atoms with van der Waals surface area (Å²) in [5, 5.41) is 13.2. The monoisotopic (exact) mass is 739 g/mol. The summed E-state index contributed by atoms with van der Waals surface area (Å²) >= 11 is 4.69.